The van der Waals surface area contributed by atoms with Gasteiger partial charge in [0.05, 0.1) is 0 Å². The molecule has 0 N–H and O–H groups in total. The number of hydrogen-bond donors (Lipinski definition) is 0. The molecule has 2 radical (unpaired) electrons. The Morgan fingerprint density at radius 3 is 1.37 bits per heavy atom. The van der Waals surface area contributed by atoms with Gasteiger partial charge in [-0.3, -0.25) is 0 Å². The van der Waals surface area contributed by atoms with E-state index in [0.29, 0.717) is 0 Å². The first-order chi connectivity index (χ1) is 14.4. The van der Waals surface area contributed by atoms with E-state index >= 15 is 0 Å². The van der Waals surface area contributed by atoms with Crippen molar-refractivity contribution in [1.29, 1.82) is 0 Å². The van der Waals surface area contributed by atoms with Crippen LogP contribution in [0.15, 0.2) is 60.7 Å². The van der Waals surface area contributed by atoms with Crippen LogP contribution in [0.3, 0.4) is 0 Å². The summed E-state index contributed by atoms with van der Waals surface area (Å²) in [6.45, 7) is 13.0. The Bertz CT molecular complexity index is 921. The van der Waals surface area contributed by atoms with Gasteiger partial charge in [0.2, 0.25) is 0 Å². The minimum absolute atomic E-state index is 0.826. The average Bonchev–Trinajstić information content (AvgIpc) is 3.27. The first-order valence-corrected chi connectivity index (χ1v) is 18.0. The summed E-state index contributed by atoms with van der Waals surface area (Å²) in [6.07, 6.45) is 0. The summed E-state index contributed by atoms with van der Waals surface area (Å²) in [7, 11) is 11.1. The van der Waals surface area contributed by atoms with Gasteiger partial charge in [0.25, 0.3) is 0 Å². The molecule has 0 heterocycles. The molecule has 4 aromatic carbocycles. The molecule has 0 aliphatic heterocycles. The van der Waals surface area contributed by atoms with E-state index in [9.17, 15) is 0 Å². The molecule has 158 valence electrons. The molecule has 0 atom stereocenters. The normalized spacial score (nSPS) is 9.60. The third-order valence-corrected chi connectivity index (χ3v) is 5.73. The van der Waals surface area contributed by atoms with E-state index in [1.165, 1.54) is 65.4 Å². The van der Waals surface area contributed by atoms with Crippen LogP contribution in [-0.2, 0) is 20.8 Å². The van der Waals surface area contributed by atoms with Crippen LogP contribution in [-0.4, -0.2) is 9.52 Å². The fourth-order valence-electron chi connectivity index (χ4n) is 3.33. The summed E-state index contributed by atoms with van der Waals surface area (Å²) in [5.41, 5.74) is 5.45. The van der Waals surface area contributed by atoms with E-state index in [0.717, 1.165) is 0 Å². The van der Waals surface area contributed by atoms with E-state index in [-0.39, 0.29) is 0 Å². The summed E-state index contributed by atoms with van der Waals surface area (Å²) in [5.74, 6) is 0. The van der Waals surface area contributed by atoms with Gasteiger partial charge in [-0.2, -0.15) is 12.1 Å². The zero-order chi connectivity index (χ0) is 22.5. The summed E-state index contributed by atoms with van der Waals surface area (Å²) >= 11 is -0.826. The molecule has 4 heteroatoms. The number of benzene rings is 2. The molecule has 0 saturated carbocycles. The number of fused-ring (bicyclic) bond motifs is 2. The average molecular weight is 535 g/mol. The molecule has 0 aromatic heterocycles. The number of rotatable bonds is 2. The van der Waals surface area contributed by atoms with Gasteiger partial charge in [-0.15, -0.1) is 69.1 Å². The van der Waals surface area contributed by atoms with Gasteiger partial charge < -0.3 is 0 Å². The molecular weight excluding hydrogens is 503 g/mol. The molecule has 30 heavy (non-hydrogen) atoms. The molecule has 4 aromatic rings. The molecule has 0 amide bonds. The van der Waals surface area contributed by atoms with Crippen molar-refractivity contribution in [1.82, 2.24) is 0 Å². The molecule has 0 saturated heterocycles. The van der Waals surface area contributed by atoms with Gasteiger partial charge in [-0.05, 0) is 13.8 Å². The second kappa shape index (κ2) is 15.2. The molecule has 0 spiro atoms. The Kier molecular flexibility index (Phi) is 13.9. The second-order valence-corrected chi connectivity index (χ2v) is 12.9. The van der Waals surface area contributed by atoms with Crippen LogP contribution in [0.5, 0.6) is 0 Å². The van der Waals surface area contributed by atoms with Gasteiger partial charge in [0, 0.05) is 9.52 Å². The first kappa shape index (κ1) is 27.4. The molecule has 0 nitrogen and oxygen atoms in total. The summed E-state index contributed by atoms with van der Waals surface area (Å²) in [6, 6.07) is 24.5. The van der Waals surface area contributed by atoms with E-state index in [1.807, 2.05) is 0 Å². The van der Waals surface area contributed by atoms with Crippen LogP contribution in [0.2, 0.25) is 12.1 Å². The van der Waals surface area contributed by atoms with E-state index in [4.69, 9.17) is 17.0 Å². The summed E-state index contributed by atoms with van der Waals surface area (Å²) in [5, 5.41) is 5.51. The second-order valence-electron chi connectivity index (χ2n) is 7.25. The standard InChI is InChI=1S/2C11H11.C4H10Si.2ClH.Zr/c2*1-8-6-10-5-3-4-9(2)11(10)7-8;1-3-5-4-2;;;/h2*3-7H,1-2H3;3-4H2,1-2H3;2*1H;/q2*-1;;;;+4/p-2. The van der Waals surface area contributed by atoms with Gasteiger partial charge in [-0.1, -0.05) is 63.0 Å². The van der Waals surface area contributed by atoms with Crippen LogP contribution >= 0.6 is 17.0 Å². The van der Waals surface area contributed by atoms with Crippen LogP contribution in [0, 0.1) is 27.7 Å². The molecule has 0 fully saturated rings. The van der Waals surface area contributed by atoms with Crippen LogP contribution in [0.1, 0.15) is 36.1 Å². The van der Waals surface area contributed by atoms with Gasteiger partial charge >= 0.3 is 37.9 Å². The third kappa shape index (κ3) is 9.23. The van der Waals surface area contributed by atoms with Gasteiger partial charge in [0.1, 0.15) is 0 Å². The SMILES string of the molecule is CC[Si]CC.Cc1cc2c(C)cccc2[cH-]1.Cc1cc2c(C)cccc2[cH-]1.[Cl][Zr+2][Cl]. The van der Waals surface area contributed by atoms with Crippen LogP contribution in [0.25, 0.3) is 21.5 Å². The summed E-state index contributed by atoms with van der Waals surface area (Å²) in [4.78, 5) is 0. The van der Waals surface area contributed by atoms with Crippen LogP contribution in [0.4, 0.5) is 0 Å². The zero-order valence-electron chi connectivity index (χ0n) is 18.9. The molecular formula is C26H32Cl2SiZr. The number of halogens is 2. The van der Waals surface area contributed by atoms with Crippen molar-refractivity contribution in [2.45, 2.75) is 53.6 Å². The van der Waals surface area contributed by atoms with Gasteiger partial charge in [-0.25, -0.2) is 0 Å². The Morgan fingerprint density at radius 2 is 1.10 bits per heavy atom. The molecule has 0 aliphatic rings. The number of hydrogen-bond acceptors (Lipinski definition) is 0. The molecule has 0 unspecified atom stereocenters. The summed E-state index contributed by atoms with van der Waals surface area (Å²) < 4.78 is 0. The molecule has 0 bridgehead atoms. The Balaban J connectivity index is 0.000000225. The van der Waals surface area contributed by atoms with E-state index < -0.39 is 20.8 Å². The van der Waals surface area contributed by atoms with Gasteiger partial charge in [0.15, 0.2) is 0 Å². The molecule has 0 aliphatic carbocycles. The van der Waals surface area contributed by atoms with Crippen molar-refractivity contribution in [2.24, 2.45) is 0 Å². The first-order valence-electron chi connectivity index (χ1n) is 10.3. The van der Waals surface area contributed by atoms with Crippen molar-refractivity contribution in [2.75, 3.05) is 0 Å². The minimum atomic E-state index is -0.826. The Labute approximate surface area is 204 Å². The quantitative estimate of drug-likeness (QED) is 0.178. The Hall–Kier alpha value is -0.660. The maximum atomic E-state index is 4.93. The molecule has 4 rings (SSSR count). The van der Waals surface area contributed by atoms with Crippen molar-refractivity contribution in [3.05, 3.63) is 82.9 Å². The monoisotopic (exact) mass is 532 g/mol. The zero-order valence-corrected chi connectivity index (χ0v) is 23.9. The Morgan fingerprint density at radius 1 is 0.733 bits per heavy atom. The van der Waals surface area contributed by atoms with E-state index in [2.05, 4.69) is 102 Å². The maximum absolute atomic E-state index is 4.93. The fourth-order valence-corrected chi connectivity index (χ4v) is 3.83. The predicted octanol–water partition coefficient (Wildman–Crippen LogP) is 9.29. The predicted molar refractivity (Wildman–Crippen MR) is 136 cm³/mol. The van der Waals surface area contributed by atoms with Crippen molar-refractivity contribution < 1.29 is 20.8 Å². The van der Waals surface area contributed by atoms with Crippen LogP contribution < -0.4 is 0 Å². The third-order valence-electron chi connectivity index (χ3n) is 4.73. The number of aryl methyl sites for hydroxylation is 4. The van der Waals surface area contributed by atoms with Crippen molar-refractivity contribution in [3.63, 3.8) is 0 Å². The topological polar surface area (TPSA) is 0 Å². The van der Waals surface area contributed by atoms with Crippen molar-refractivity contribution in [3.8, 4) is 0 Å². The fraction of sp³-hybridized carbons (Fsp3) is 0.308. The van der Waals surface area contributed by atoms with Crippen molar-refractivity contribution >= 4 is 48.1 Å². The van der Waals surface area contributed by atoms with E-state index in [1.54, 1.807) is 0 Å².